The quantitative estimate of drug-likeness (QED) is 0.171. The van der Waals surface area contributed by atoms with Gasteiger partial charge < -0.3 is 4.57 Å². The molecule has 0 unspecified atom stereocenters. The van der Waals surface area contributed by atoms with Crippen LogP contribution in [0.1, 0.15) is 22.4 Å². The lowest BCUT2D eigenvalue weighted by molar-refractivity contribution is 0.958. The molecule has 4 heteroatoms. The molecular weight excluding hydrogens is 621 g/mol. The zero-order chi connectivity index (χ0) is 34.3. The second-order valence-corrected chi connectivity index (χ2v) is 12.8. The van der Waals surface area contributed by atoms with Crippen LogP contribution in [0.5, 0.6) is 0 Å². The van der Waals surface area contributed by atoms with Crippen LogP contribution in [-0.4, -0.2) is 19.1 Å². The lowest BCUT2D eigenvalue weighted by Gasteiger charge is -2.12. The number of hydrogen-bond acceptors (Lipinski definition) is 2. The number of benzene rings is 6. The molecule has 0 saturated heterocycles. The Hall–Kier alpha value is -6.78. The summed E-state index contributed by atoms with van der Waals surface area (Å²) >= 11 is 0. The highest BCUT2D eigenvalue weighted by molar-refractivity contribution is 6.10. The summed E-state index contributed by atoms with van der Waals surface area (Å²) in [5.41, 5.74) is 12.7. The molecule has 9 aromatic rings. The van der Waals surface area contributed by atoms with Gasteiger partial charge in [0.15, 0.2) is 0 Å². The average Bonchev–Trinajstić information content (AvgIpc) is 3.69. The van der Waals surface area contributed by atoms with Crippen LogP contribution in [0, 0.1) is 6.92 Å². The average molecular weight is 655 g/mol. The van der Waals surface area contributed by atoms with Gasteiger partial charge in [0.25, 0.3) is 0 Å². The molecule has 9 rings (SSSR count). The van der Waals surface area contributed by atoms with Gasteiger partial charge in [0.2, 0.25) is 5.95 Å². The second kappa shape index (κ2) is 12.6. The van der Waals surface area contributed by atoms with E-state index in [4.69, 9.17) is 9.97 Å². The van der Waals surface area contributed by atoms with Crippen molar-refractivity contribution in [1.82, 2.24) is 19.1 Å². The van der Waals surface area contributed by atoms with E-state index >= 15 is 0 Å². The zero-order valence-corrected chi connectivity index (χ0v) is 28.2. The molecule has 0 bridgehead atoms. The van der Waals surface area contributed by atoms with Gasteiger partial charge in [-0.15, -0.1) is 0 Å². The Morgan fingerprint density at radius 2 is 1.12 bits per heavy atom. The fraction of sp³-hybridized carbons (Fsp3) is 0.0213. The first-order valence-electron chi connectivity index (χ1n) is 17.2. The van der Waals surface area contributed by atoms with Crippen molar-refractivity contribution in [3.05, 3.63) is 187 Å². The first kappa shape index (κ1) is 30.3. The van der Waals surface area contributed by atoms with Gasteiger partial charge in [-0.2, -0.15) is 0 Å². The highest BCUT2D eigenvalue weighted by atomic mass is 15.2. The normalized spacial score (nSPS) is 11.6. The van der Waals surface area contributed by atoms with Crippen molar-refractivity contribution in [2.75, 3.05) is 0 Å². The van der Waals surface area contributed by atoms with Crippen molar-refractivity contribution in [2.24, 2.45) is 0 Å². The Morgan fingerprint density at radius 1 is 0.510 bits per heavy atom. The number of aromatic nitrogens is 4. The third kappa shape index (κ3) is 5.34. The number of nitrogens with zero attached hydrogens (tertiary/aromatic N) is 4. The summed E-state index contributed by atoms with van der Waals surface area (Å²) in [5.74, 6) is 0.603. The number of para-hydroxylation sites is 2. The molecule has 6 aromatic carbocycles. The van der Waals surface area contributed by atoms with Crippen molar-refractivity contribution in [3.8, 4) is 34.2 Å². The van der Waals surface area contributed by atoms with E-state index in [0.29, 0.717) is 5.95 Å². The molecule has 0 atom stereocenters. The van der Waals surface area contributed by atoms with Crippen LogP contribution >= 0.6 is 0 Å². The molecule has 4 nitrogen and oxygen atoms in total. The maximum Gasteiger partial charge on any atom is 0.235 e. The molecule has 0 saturated carbocycles. The first-order chi connectivity index (χ1) is 25.2. The van der Waals surface area contributed by atoms with E-state index in [9.17, 15) is 0 Å². The van der Waals surface area contributed by atoms with Gasteiger partial charge in [0.05, 0.1) is 33.6 Å². The summed E-state index contributed by atoms with van der Waals surface area (Å²) in [6.45, 7) is 6.43. The molecule has 3 aromatic heterocycles. The molecule has 0 aliphatic heterocycles. The Labute approximate surface area is 296 Å². The maximum atomic E-state index is 5.16. The summed E-state index contributed by atoms with van der Waals surface area (Å²) in [4.78, 5) is 10.3. The predicted molar refractivity (Wildman–Crippen MR) is 214 cm³/mol. The Kier molecular flexibility index (Phi) is 7.48. The van der Waals surface area contributed by atoms with E-state index in [0.717, 1.165) is 50.2 Å². The minimum atomic E-state index is 0.603. The monoisotopic (exact) mass is 654 g/mol. The summed E-state index contributed by atoms with van der Waals surface area (Å²) in [7, 11) is 0. The fourth-order valence-corrected chi connectivity index (χ4v) is 7.24. The van der Waals surface area contributed by atoms with Gasteiger partial charge in [-0.3, -0.25) is 4.57 Å². The Balaban J connectivity index is 1.20. The minimum absolute atomic E-state index is 0.603. The molecule has 0 aliphatic carbocycles. The van der Waals surface area contributed by atoms with Gasteiger partial charge in [0, 0.05) is 38.5 Å². The van der Waals surface area contributed by atoms with Gasteiger partial charge in [-0.25, -0.2) is 9.97 Å². The van der Waals surface area contributed by atoms with Crippen LogP contribution < -0.4 is 0 Å². The zero-order valence-electron chi connectivity index (χ0n) is 28.2. The summed E-state index contributed by atoms with van der Waals surface area (Å²) in [6, 6.07) is 55.2. The Morgan fingerprint density at radius 3 is 1.78 bits per heavy atom. The summed E-state index contributed by atoms with van der Waals surface area (Å²) in [5, 5.41) is 3.56. The molecule has 3 heterocycles. The number of fused-ring (bicyclic) bond motifs is 4. The van der Waals surface area contributed by atoms with Crippen LogP contribution in [0.3, 0.4) is 0 Å². The SMILES string of the molecule is C=Cc1c(C=Cc2ccc3c(c2)c2ccccc2n3-c2cccc(C)c2)c2ccccc2n1-c1nc(-c2ccccc2)cc(-c2ccccc2)n1. The predicted octanol–water partition coefficient (Wildman–Crippen LogP) is 12.0. The molecule has 242 valence electrons. The summed E-state index contributed by atoms with van der Waals surface area (Å²) in [6.07, 6.45) is 6.32. The first-order valence-corrected chi connectivity index (χ1v) is 17.2. The van der Waals surface area contributed by atoms with Crippen LogP contribution in [0.2, 0.25) is 0 Å². The smallest absolute Gasteiger partial charge is 0.235 e. The lowest BCUT2D eigenvalue weighted by atomic mass is 10.1. The van der Waals surface area contributed by atoms with E-state index in [2.05, 4.69) is 156 Å². The lowest BCUT2D eigenvalue weighted by Crippen LogP contribution is -2.05. The van der Waals surface area contributed by atoms with Crippen LogP contribution in [0.25, 0.3) is 85.1 Å². The third-order valence-electron chi connectivity index (χ3n) is 9.60. The van der Waals surface area contributed by atoms with E-state index < -0.39 is 0 Å². The van der Waals surface area contributed by atoms with Crippen molar-refractivity contribution in [3.63, 3.8) is 0 Å². The topological polar surface area (TPSA) is 35.6 Å². The van der Waals surface area contributed by atoms with Gasteiger partial charge in [0.1, 0.15) is 0 Å². The largest absolute Gasteiger partial charge is 0.309 e. The van der Waals surface area contributed by atoms with Crippen LogP contribution in [0.4, 0.5) is 0 Å². The maximum absolute atomic E-state index is 5.16. The molecule has 0 aliphatic rings. The van der Waals surface area contributed by atoms with Crippen molar-refractivity contribution in [2.45, 2.75) is 6.92 Å². The number of rotatable bonds is 7. The van der Waals surface area contributed by atoms with Crippen molar-refractivity contribution in [1.29, 1.82) is 0 Å². The van der Waals surface area contributed by atoms with Gasteiger partial charge in [-0.1, -0.05) is 134 Å². The van der Waals surface area contributed by atoms with Crippen LogP contribution in [0.15, 0.2) is 164 Å². The summed E-state index contributed by atoms with van der Waals surface area (Å²) < 4.78 is 4.50. The molecule has 0 fully saturated rings. The molecule has 0 spiro atoms. The molecule has 0 amide bonds. The molecular formula is C47H34N4. The third-order valence-corrected chi connectivity index (χ3v) is 9.60. The highest BCUT2D eigenvalue weighted by Gasteiger charge is 2.19. The number of aryl methyl sites for hydroxylation is 1. The second-order valence-electron chi connectivity index (χ2n) is 12.8. The Bertz CT molecular complexity index is 2710. The van der Waals surface area contributed by atoms with E-state index in [1.807, 2.05) is 42.5 Å². The fourth-order valence-electron chi connectivity index (χ4n) is 7.24. The van der Waals surface area contributed by atoms with E-state index in [1.165, 1.54) is 33.1 Å². The van der Waals surface area contributed by atoms with Gasteiger partial charge >= 0.3 is 0 Å². The highest BCUT2D eigenvalue weighted by Crippen LogP contribution is 2.35. The van der Waals surface area contributed by atoms with Gasteiger partial charge in [-0.05, 0) is 66.6 Å². The van der Waals surface area contributed by atoms with E-state index in [1.54, 1.807) is 0 Å². The molecule has 0 N–H and O–H groups in total. The molecule has 0 radical (unpaired) electrons. The molecule has 51 heavy (non-hydrogen) atoms. The minimum Gasteiger partial charge on any atom is -0.309 e. The van der Waals surface area contributed by atoms with Crippen molar-refractivity contribution >= 4 is 50.9 Å². The van der Waals surface area contributed by atoms with Crippen molar-refractivity contribution < 1.29 is 0 Å². The number of hydrogen-bond donors (Lipinski definition) is 0. The van der Waals surface area contributed by atoms with Crippen LogP contribution in [-0.2, 0) is 0 Å². The van der Waals surface area contributed by atoms with E-state index in [-0.39, 0.29) is 0 Å². The standard InChI is InChI=1S/C47H34N4/c1-3-43-39(27-25-33-26-28-46-40(30-33)38-22-11-12-23-44(38)50(46)36-20-14-15-32(2)29-36)37-21-10-13-24-45(37)51(43)47-48-41(34-16-6-4-7-17-34)31-42(49-47)35-18-8-5-9-19-35/h3-31H,1H2,2H3.